The Hall–Kier alpha value is -2.36. The molecule has 1 aromatic heterocycles. The Morgan fingerprint density at radius 3 is 2.67 bits per heavy atom. The molecule has 1 heterocycles. The van der Waals surface area contributed by atoms with Crippen molar-refractivity contribution in [2.24, 2.45) is 4.99 Å². The predicted octanol–water partition coefficient (Wildman–Crippen LogP) is 3.73. The molecule has 104 valence electrons. The molecule has 0 amide bonds. The number of rotatable bonds is 5. The maximum atomic E-state index is 5.80. The highest BCUT2D eigenvalue weighted by Crippen LogP contribution is 2.22. The maximum Gasteiger partial charge on any atom is 0.211 e. The summed E-state index contributed by atoms with van der Waals surface area (Å²) in [4.78, 5) is 8.66. The van der Waals surface area contributed by atoms with E-state index < -0.39 is 0 Å². The number of allylic oxidation sites excluding steroid dienone is 2. The zero-order valence-electron chi connectivity index (χ0n) is 12.3. The molecule has 0 aliphatic carbocycles. The molecule has 2 rings (SSSR count). The van der Waals surface area contributed by atoms with E-state index in [2.05, 4.69) is 16.9 Å². The molecule has 4 heteroatoms. The molecular weight excluding hydrogens is 259 g/mol. The zero-order chi connectivity index (χ0) is 15.1. The normalized spacial score (nSPS) is 11.8. The van der Waals surface area contributed by atoms with Gasteiger partial charge in [-0.15, -0.1) is 0 Å². The minimum Gasteiger partial charge on any atom is -0.440 e. The van der Waals surface area contributed by atoms with Crippen LogP contribution in [0, 0.1) is 0 Å². The number of hydrogen-bond donors (Lipinski definition) is 0. The molecule has 0 aliphatic rings. The van der Waals surface area contributed by atoms with Gasteiger partial charge in [-0.3, -0.25) is 4.99 Å². The SMILES string of the molecule is [B]c1cccnc1Oc1ccc(N=C(/C=C\C)CC)cc1. The van der Waals surface area contributed by atoms with Crippen molar-refractivity contribution < 1.29 is 4.74 Å². The van der Waals surface area contributed by atoms with E-state index in [0.29, 0.717) is 17.1 Å². The van der Waals surface area contributed by atoms with Crippen LogP contribution in [0.5, 0.6) is 11.6 Å². The molecule has 2 radical (unpaired) electrons. The average Bonchev–Trinajstić information content (AvgIpc) is 2.51. The van der Waals surface area contributed by atoms with Gasteiger partial charge in [-0.2, -0.15) is 0 Å². The first kappa shape index (κ1) is 15.0. The Labute approximate surface area is 126 Å². The highest BCUT2D eigenvalue weighted by Gasteiger charge is 2.01. The van der Waals surface area contributed by atoms with Gasteiger partial charge in [0, 0.05) is 11.9 Å². The Morgan fingerprint density at radius 2 is 2.05 bits per heavy atom. The first-order valence-electron chi connectivity index (χ1n) is 6.91. The molecule has 0 saturated carbocycles. The Morgan fingerprint density at radius 1 is 1.29 bits per heavy atom. The van der Waals surface area contributed by atoms with Gasteiger partial charge in [0.2, 0.25) is 5.88 Å². The van der Waals surface area contributed by atoms with Gasteiger partial charge in [0.05, 0.1) is 5.69 Å². The van der Waals surface area contributed by atoms with Crippen LogP contribution in [0.2, 0.25) is 0 Å². The average molecular weight is 276 g/mol. The molecule has 0 fully saturated rings. The van der Waals surface area contributed by atoms with Gasteiger partial charge >= 0.3 is 0 Å². The smallest absolute Gasteiger partial charge is 0.211 e. The van der Waals surface area contributed by atoms with Gasteiger partial charge in [-0.05, 0) is 55.2 Å². The molecule has 0 aliphatic heterocycles. The lowest BCUT2D eigenvalue weighted by atomic mass is 9.98. The molecule has 0 N–H and O–H groups in total. The largest absolute Gasteiger partial charge is 0.440 e. The highest BCUT2D eigenvalue weighted by molar-refractivity contribution is 6.33. The van der Waals surface area contributed by atoms with Crippen molar-refractivity contribution in [3.05, 3.63) is 54.7 Å². The summed E-state index contributed by atoms with van der Waals surface area (Å²) in [6, 6.07) is 11.1. The van der Waals surface area contributed by atoms with Crippen molar-refractivity contribution in [1.29, 1.82) is 0 Å². The van der Waals surface area contributed by atoms with E-state index in [1.165, 1.54) is 0 Å². The fraction of sp³-hybridized carbons (Fsp3) is 0.176. The number of nitrogens with zero attached hydrogens (tertiary/aromatic N) is 2. The molecule has 1 aromatic carbocycles. The van der Waals surface area contributed by atoms with Crippen LogP contribution in [0.25, 0.3) is 0 Å². The second kappa shape index (κ2) is 7.43. The van der Waals surface area contributed by atoms with E-state index in [1.807, 2.05) is 43.3 Å². The molecule has 0 saturated heterocycles. The van der Waals surface area contributed by atoms with E-state index in [9.17, 15) is 0 Å². The van der Waals surface area contributed by atoms with E-state index >= 15 is 0 Å². The summed E-state index contributed by atoms with van der Waals surface area (Å²) in [6.07, 6.45) is 6.55. The second-order valence-corrected chi connectivity index (χ2v) is 4.45. The number of aromatic nitrogens is 1. The van der Waals surface area contributed by atoms with Crippen LogP contribution in [0.4, 0.5) is 5.69 Å². The quantitative estimate of drug-likeness (QED) is 0.616. The number of benzene rings is 1. The van der Waals surface area contributed by atoms with E-state index in [0.717, 1.165) is 17.8 Å². The van der Waals surface area contributed by atoms with E-state index in [1.54, 1.807) is 18.3 Å². The van der Waals surface area contributed by atoms with Crippen molar-refractivity contribution in [2.75, 3.05) is 0 Å². The summed E-state index contributed by atoms with van der Waals surface area (Å²) in [7, 11) is 5.80. The summed E-state index contributed by atoms with van der Waals surface area (Å²) in [6.45, 7) is 4.07. The number of pyridine rings is 1. The van der Waals surface area contributed by atoms with Crippen molar-refractivity contribution in [1.82, 2.24) is 4.98 Å². The van der Waals surface area contributed by atoms with Crippen LogP contribution >= 0.6 is 0 Å². The van der Waals surface area contributed by atoms with Crippen molar-refractivity contribution in [2.45, 2.75) is 20.3 Å². The van der Waals surface area contributed by atoms with Crippen LogP contribution in [-0.2, 0) is 0 Å². The van der Waals surface area contributed by atoms with Crippen LogP contribution in [0.15, 0.2) is 59.7 Å². The fourth-order valence-electron chi connectivity index (χ4n) is 1.78. The number of hydrogen-bond acceptors (Lipinski definition) is 3. The second-order valence-electron chi connectivity index (χ2n) is 4.45. The fourth-order valence-corrected chi connectivity index (χ4v) is 1.78. The first-order chi connectivity index (χ1) is 10.2. The minimum absolute atomic E-state index is 0.414. The minimum atomic E-state index is 0.414. The summed E-state index contributed by atoms with van der Waals surface area (Å²) in [5.74, 6) is 1.10. The van der Waals surface area contributed by atoms with Gasteiger partial charge in [0.25, 0.3) is 0 Å². The van der Waals surface area contributed by atoms with Crippen LogP contribution in [0.1, 0.15) is 20.3 Å². The van der Waals surface area contributed by atoms with E-state index in [-0.39, 0.29) is 0 Å². The lowest BCUT2D eigenvalue weighted by molar-refractivity contribution is 0.467. The monoisotopic (exact) mass is 276 g/mol. The predicted molar refractivity (Wildman–Crippen MR) is 88.3 cm³/mol. The Bertz CT molecular complexity index is 648. The maximum absolute atomic E-state index is 5.80. The topological polar surface area (TPSA) is 34.5 Å². The van der Waals surface area contributed by atoms with Crippen LogP contribution < -0.4 is 10.2 Å². The molecule has 0 unspecified atom stereocenters. The summed E-state index contributed by atoms with van der Waals surface area (Å²) < 4.78 is 5.64. The standard InChI is InChI=1S/C17H17BN2O/c1-3-6-13(4-2)20-14-8-10-15(11-9-14)21-17-16(18)7-5-12-19-17/h3,5-12H,4H2,1-2H3/b6-3-,20-13?. The number of ether oxygens (including phenoxy) is 1. The van der Waals surface area contributed by atoms with Gasteiger partial charge in [0.15, 0.2) is 0 Å². The first-order valence-corrected chi connectivity index (χ1v) is 6.91. The van der Waals surface area contributed by atoms with Crippen molar-refractivity contribution in [3.63, 3.8) is 0 Å². The Kier molecular flexibility index (Phi) is 5.32. The van der Waals surface area contributed by atoms with Gasteiger partial charge in [-0.1, -0.05) is 19.1 Å². The third-order valence-electron chi connectivity index (χ3n) is 2.85. The molecule has 21 heavy (non-hydrogen) atoms. The third kappa shape index (κ3) is 4.31. The van der Waals surface area contributed by atoms with Gasteiger partial charge in [0.1, 0.15) is 13.6 Å². The molecular formula is C17H17BN2O. The molecule has 2 aromatic rings. The molecule has 0 spiro atoms. The Balaban J connectivity index is 2.14. The lowest BCUT2D eigenvalue weighted by Gasteiger charge is -2.07. The number of aliphatic imine (C=N–C) groups is 1. The van der Waals surface area contributed by atoms with Crippen molar-refractivity contribution in [3.8, 4) is 11.6 Å². The lowest BCUT2D eigenvalue weighted by Crippen LogP contribution is -2.07. The van der Waals surface area contributed by atoms with Crippen molar-refractivity contribution >= 4 is 24.7 Å². The van der Waals surface area contributed by atoms with Gasteiger partial charge < -0.3 is 4.74 Å². The van der Waals surface area contributed by atoms with Crippen LogP contribution in [0.3, 0.4) is 0 Å². The van der Waals surface area contributed by atoms with Crippen LogP contribution in [-0.4, -0.2) is 18.5 Å². The zero-order valence-corrected chi connectivity index (χ0v) is 12.3. The highest BCUT2D eigenvalue weighted by atomic mass is 16.5. The summed E-state index contributed by atoms with van der Waals surface area (Å²) in [5, 5.41) is 0. The molecule has 0 bridgehead atoms. The summed E-state index contributed by atoms with van der Waals surface area (Å²) >= 11 is 0. The molecule has 0 atom stereocenters. The third-order valence-corrected chi connectivity index (χ3v) is 2.85. The van der Waals surface area contributed by atoms with Gasteiger partial charge in [-0.25, -0.2) is 4.98 Å². The van der Waals surface area contributed by atoms with E-state index in [4.69, 9.17) is 12.6 Å². The molecule has 3 nitrogen and oxygen atoms in total. The summed E-state index contributed by atoms with van der Waals surface area (Å²) in [5.41, 5.74) is 2.45.